The Labute approximate surface area is 151 Å². The Kier molecular flexibility index (Phi) is 4.99. The van der Waals surface area contributed by atoms with Crippen LogP contribution in [-0.2, 0) is 11.3 Å². The summed E-state index contributed by atoms with van der Waals surface area (Å²) in [7, 11) is 3.39. The Balaban J connectivity index is 1.73. The molecule has 0 spiro atoms. The van der Waals surface area contributed by atoms with Gasteiger partial charge in [0.2, 0.25) is 5.91 Å². The van der Waals surface area contributed by atoms with Crippen LogP contribution in [0, 0.1) is 0 Å². The van der Waals surface area contributed by atoms with Crippen molar-refractivity contribution in [2.75, 3.05) is 19.5 Å². The number of amides is 2. The molecule has 1 aliphatic heterocycles. The largest absolute Gasteiger partial charge is 0.497 e. The summed E-state index contributed by atoms with van der Waals surface area (Å²) in [4.78, 5) is 27.2. The number of nitrogens with zero attached hydrogens (tertiary/aromatic N) is 1. The maximum Gasteiger partial charge on any atom is 0.253 e. The van der Waals surface area contributed by atoms with Crippen LogP contribution in [0.15, 0.2) is 47.4 Å². The third-order valence-corrected chi connectivity index (χ3v) is 5.26. The first-order chi connectivity index (χ1) is 12.0. The van der Waals surface area contributed by atoms with Crippen molar-refractivity contribution >= 4 is 29.3 Å². The van der Waals surface area contributed by atoms with E-state index in [0.29, 0.717) is 17.8 Å². The summed E-state index contributed by atoms with van der Waals surface area (Å²) in [5.74, 6) is 0.667. The van der Waals surface area contributed by atoms with Crippen molar-refractivity contribution < 1.29 is 14.3 Å². The van der Waals surface area contributed by atoms with E-state index in [2.05, 4.69) is 5.32 Å². The smallest absolute Gasteiger partial charge is 0.253 e. The molecule has 0 saturated carbocycles. The van der Waals surface area contributed by atoms with Gasteiger partial charge in [0.15, 0.2) is 0 Å². The predicted octanol–water partition coefficient (Wildman–Crippen LogP) is 3.40. The van der Waals surface area contributed by atoms with Crippen molar-refractivity contribution in [1.29, 1.82) is 0 Å². The highest BCUT2D eigenvalue weighted by atomic mass is 32.2. The minimum atomic E-state index is -0.119. The average Bonchev–Trinajstić information content (AvgIpc) is 2.62. The van der Waals surface area contributed by atoms with Gasteiger partial charge in [-0.05, 0) is 42.8 Å². The van der Waals surface area contributed by atoms with Crippen molar-refractivity contribution in [1.82, 2.24) is 4.90 Å². The second-order valence-corrected chi connectivity index (χ2v) is 7.35. The lowest BCUT2D eigenvalue weighted by Crippen LogP contribution is -2.28. The molecule has 0 aromatic heterocycles. The first-order valence-corrected chi connectivity index (χ1v) is 8.86. The average molecular weight is 356 g/mol. The van der Waals surface area contributed by atoms with E-state index in [0.717, 1.165) is 16.2 Å². The zero-order valence-electron chi connectivity index (χ0n) is 14.4. The van der Waals surface area contributed by atoms with Gasteiger partial charge in [0.25, 0.3) is 5.91 Å². The number of fused-ring (bicyclic) bond motifs is 1. The van der Waals surface area contributed by atoms with E-state index in [1.54, 1.807) is 25.1 Å². The standard InChI is InChI=1S/C19H20N2O3S/c1-12-18(22)20-16-10-14(6-9-17(16)25-12)19(23)21(2)11-13-4-7-15(24-3)8-5-13/h4-10,12H,11H2,1-3H3,(H,20,22). The molecule has 3 rings (SSSR count). The van der Waals surface area contributed by atoms with E-state index in [-0.39, 0.29) is 17.1 Å². The Morgan fingerprint density at radius 2 is 1.96 bits per heavy atom. The monoisotopic (exact) mass is 356 g/mol. The fourth-order valence-electron chi connectivity index (χ4n) is 2.64. The Hall–Kier alpha value is -2.47. The quantitative estimate of drug-likeness (QED) is 0.912. The summed E-state index contributed by atoms with van der Waals surface area (Å²) < 4.78 is 5.14. The summed E-state index contributed by atoms with van der Waals surface area (Å²) >= 11 is 1.51. The summed E-state index contributed by atoms with van der Waals surface area (Å²) in [6.45, 7) is 2.36. The zero-order chi connectivity index (χ0) is 18.0. The number of thioether (sulfide) groups is 1. The third kappa shape index (κ3) is 3.79. The topological polar surface area (TPSA) is 58.6 Å². The molecule has 1 N–H and O–H groups in total. The number of rotatable bonds is 4. The second kappa shape index (κ2) is 7.19. The lowest BCUT2D eigenvalue weighted by molar-refractivity contribution is -0.115. The van der Waals surface area contributed by atoms with E-state index in [9.17, 15) is 9.59 Å². The maximum atomic E-state index is 12.7. The molecule has 0 saturated heterocycles. The number of carbonyl (C=O) groups is 2. The molecular weight excluding hydrogens is 336 g/mol. The van der Waals surface area contributed by atoms with E-state index in [4.69, 9.17) is 4.74 Å². The van der Waals surface area contributed by atoms with Crippen LogP contribution >= 0.6 is 11.8 Å². The van der Waals surface area contributed by atoms with Gasteiger partial charge in [-0.2, -0.15) is 0 Å². The van der Waals surface area contributed by atoms with Gasteiger partial charge in [0, 0.05) is 24.1 Å². The van der Waals surface area contributed by atoms with Gasteiger partial charge < -0.3 is 15.0 Å². The lowest BCUT2D eigenvalue weighted by Gasteiger charge is -2.23. The number of anilines is 1. The molecule has 0 aliphatic carbocycles. The Morgan fingerprint density at radius 3 is 2.64 bits per heavy atom. The van der Waals surface area contributed by atoms with Crippen molar-refractivity contribution in [2.24, 2.45) is 0 Å². The van der Waals surface area contributed by atoms with Crippen LogP contribution in [0.2, 0.25) is 0 Å². The fourth-order valence-corrected chi connectivity index (χ4v) is 3.57. The fraction of sp³-hybridized carbons (Fsp3) is 0.263. The number of benzene rings is 2. The van der Waals surface area contributed by atoms with Crippen LogP contribution < -0.4 is 10.1 Å². The molecule has 0 fully saturated rings. The minimum absolute atomic E-state index is 0.0336. The van der Waals surface area contributed by atoms with Crippen LogP contribution in [0.4, 0.5) is 5.69 Å². The van der Waals surface area contributed by atoms with Crippen molar-refractivity contribution in [3.8, 4) is 5.75 Å². The Morgan fingerprint density at radius 1 is 1.24 bits per heavy atom. The second-order valence-electron chi connectivity index (χ2n) is 5.97. The van der Waals surface area contributed by atoms with Crippen molar-refractivity contribution in [3.05, 3.63) is 53.6 Å². The summed E-state index contributed by atoms with van der Waals surface area (Å²) in [6.07, 6.45) is 0. The van der Waals surface area contributed by atoms with Gasteiger partial charge >= 0.3 is 0 Å². The summed E-state index contributed by atoms with van der Waals surface area (Å²) in [5.41, 5.74) is 2.29. The normalized spacial score (nSPS) is 16.0. The summed E-state index contributed by atoms with van der Waals surface area (Å²) in [5, 5.41) is 2.74. The van der Waals surface area contributed by atoms with Crippen LogP contribution in [0.5, 0.6) is 5.75 Å². The van der Waals surface area contributed by atoms with Crippen LogP contribution in [0.1, 0.15) is 22.8 Å². The van der Waals surface area contributed by atoms with Gasteiger partial charge in [0.05, 0.1) is 18.0 Å². The van der Waals surface area contributed by atoms with E-state index < -0.39 is 0 Å². The minimum Gasteiger partial charge on any atom is -0.497 e. The van der Waals surface area contributed by atoms with E-state index in [1.165, 1.54) is 11.8 Å². The van der Waals surface area contributed by atoms with Gasteiger partial charge in [-0.3, -0.25) is 9.59 Å². The molecule has 1 heterocycles. The number of methoxy groups -OCH3 is 1. The molecule has 6 heteroatoms. The molecule has 1 unspecified atom stereocenters. The maximum absolute atomic E-state index is 12.7. The molecule has 2 aromatic carbocycles. The number of carbonyl (C=O) groups excluding carboxylic acids is 2. The van der Waals surface area contributed by atoms with E-state index >= 15 is 0 Å². The molecule has 130 valence electrons. The van der Waals surface area contributed by atoms with Gasteiger partial charge in [-0.15, -0.1) is 11.8 Å². The highest BCUT2D eigenvalue weighted by Crippen LogP contribution is 2.36. The van der Waals surface area contributed by atoms with Gasteiger partial charge in [-0.1, -0.05) is 12.1 Å². The van der Waals surface area contributed by atoms with E-state index in [1.807, 2.05) is 43.3 Å². The van der Waals surface area contributed by atoms with Gasteiger partial charge in [0.1, 0.15) is 5.75 Å². The molecular formula is C19H20N2O3S. The molecule has 0 bridgehead atoms. The molecule has 1 atom stereocenters. The Bertz CT molecular complexity index is 805. The molecule has 2 amide bonds. The third-order valence-electron chi connectivity index (χ3n) is 4.08. The lowest BCUT2D eigenvalue weighted by atomic mass is 10.1. The number of hydrogen-bond donors (Lipinski definition) is 1. The first kappa shape index (κ1) is 17.4. The highest BCUT2D eigenvalue weighted by Gasteiger charge is 2.24. The van der Waals surface area contributed by atoms with Crippen LogP contribution in [-0.4, -0.2) is 36.1 Å². The predicted molar refractivity (Wildman–Crippen MR) is 99.2 cm³/mol. The molecule has 2 aromatic rings. The zero-order valence-corrected chi connectivity index (χ0v) is 15.2. The SMILES string of the molecule is COc1ccc(CN(C)C(=O)c2ccc3c(c2)NC(=O)C(C)S3)cc1. The molecule has 1 aliphatic rings. The van der Waals surface area contributed by atoms with Crippen molar-refractivity contribution in [2.45, 2.75) is 23.6 Å². The van der Waals surface area contributed by atoms with Crippen LogP contribution in [0.3, 0.4) is 0 Å². The number of ether oxygens (including phenoxy) is 1. The van der Waals surface area contributed by atoms with Gasteiger partial charge in [-0.25, -0.2) is 0 Å². The molecule has 5 nitrogen and oxygen atoms in total. The number of hydrogen-bond acceptors (Lipinski definition) is 4. The highest BCUT2D eigenvalue weighted by molar-refractivity contribution is 8.00. The first-order valence-electron chi connectivity index (χ1n) is 7.98. The number of nitrogens with one attached hydrogen (secondary N) is 1. The molecule has 25 heavy (non-hydrogen) atoms. The molecule has 0 radical (unpaired) electrons. The summed E-state index contributed by atoms with van der Waals surface area (Å²) in [6, 6.07) is 13.1. The van der Waals surface area contributed by atoms with Crippen LogP contribution in [0.25, 0.3) is 0 Å². The van der Waals surface area contributed by atoms with Crippen molar-refractivity contribution in [3.63, 3.8) is 0 Å².